The van der Waals surface area contributed by atoms with Gasteiger partial charge < -0.3 is 14.6 Å². The van der Waals surface area contributed by atoms with Crippen LogP contribution in [0.4, 0.5) is 0 Å². The number of hydrogen-bond donors (Lipinski definition) is 0. The molecule has 0 aromatic heterocycles. The van der Waals surface area contributed by atoms with E-state index in [0.717, 1.165) is 16.9 Å². The molecule has 2 aromatic rings. The minimum absolute atomic E-state index is 0.183. The molecule has 0 fully saturated rings. The maximum atomic E-state index is 10.6. The van der Waals surface area contributed by atoms with Crippen LogP contribution in [0.3, 0.4) is 0 Å². The average molecular weight is 227 g/mol. The van der Waals surface area contributed by atoms with Gasteiger partial charge in [0, 0.05) is 0 Å². The van der Waals surface area contributed by atoms with Crippen molar-refractivity contribution in [1.29, 1.82) is 0 Å². The van der Waals surface area contributed by atoms with E-state index < -0.39 is 5.97 Å². The number of ether oxygens (including phenoxy) is 1. The van der Waals surface area contributed by atoms with Gasteiger partial charge in [-0.05, 0) is 28.8 Å². The maximum absolute atomic E-state index is 10.6. The van der Waals surface area contributed by atoms with E-state index in [1.165, 1.54) is 12.1 Å². The molecular formula is C14H11O3-. The van der Waals surface area contributed by atoms with Gasteiger partial charge in [0.15, 0.2) is 0 Å². The molecule has 0 atom stereocenters. The minimum atomic E-state index is -1.16. The fourth-order valence-electron chi connectivity index (χ4n) is 1.58. The highest BCUT2D eigenvalue weighted by Gasteiger charge is 1.99. The number of benzene rings is 2. The molecule has 0 radical (unpaired) electrons. The lowest BCUT2D eigenvalue weighted by Gasteiger charge is -2.06. The Morgan fingerprint density at radius 2 is 1.41 bits per heavy atom. The lowest BCUT2D eigenvalue weighted by molar-refractivity contribution is -0.255. The van der Waals surface area contributed by atoms with Gasteiger partial charge in [-0.15, -0.1) is 0 Å². The number of rotatable bonds is 3. The van der Waals surface area contributed by atoms with Crippen molar-refractivity contribution in [2.45, 2.75) is 0 Å². The molecule has 86 valence electrons. The van der Waals surface area contributed by atoms with Crippen molar-refractivity contribution in [1.82, 2.24) is 0 Å². The molecule has 3 heteroatoms. The quantitative estimate of drug-likeness (QED) is 0.802. The van der Waals surface area contributed by atoms with Crippen LogP contribution < -0.4 is 9.84 Å². The molecule has 0 aliphatic rings. The second kappa shape index (κ2) is 4.70. The number of aromatic carboxylic acids is 1. The number of methoxy groups -OCH3 is 1. The number of carbonyl (C=O) groups excluding carboxylic acids is 1. The summed E-state index contributed by atoms with van der Waals surface area (Å²) >= 11 is 0. The van der Waals surface area contributed by atoms with Gasteiger partial charge in [-0.2, -0.15) is 0 Å². The highest BCUT2D eigenvalue weighted by Crippen LogP contribution is 2.22. The monoisotopic (exact) mass is 227 g/mol. The normalized spacial score (nSPS) is 9.94. The Labute approximate surface area is 99.3 Å². The lowest BCUT2D eigenvalue weighted by Crippen LogP contribution is -2.21. The van der Waals surface area contributed by atoms with Crippen molar-refractivity contribution in [3.8, 4) is 16.9 Å². The first-order chi connectivity index (χ1) is 8.20. The van der Waals surface area contributed by atoms with Crippen LogP contribution in [0.5, 0.6) is 5.75 Å². The van der Waals surface area contributed by atoms with E-state index in [2.05, 4.69) is 0 Å². The van der Waals surface area contributed by atoms with Gasteiger partial charge >= 0.3 is 0 Å². The van der Waals surface area contributed by atoms with Crippen LogP contribution >= 0.6 is 0 Å². The Morgan fingerprint density at radius 1 is 0.941 bits per heavy atom. The molecule has 2 aromatic carbocycles. The molecule has 0 N–H and O–H groups in total. The molecule has 17 heavy (non-hydrogen) atoms. The molecule has 0 spiro atoms. The summed E-state index contributed by atoms with van der Waals surface area (Å²) in [5, 5.41) is 10.6. The highest BCUT2D eigenvalue weighted by molar-refractivity contribution is 5.86. The van der Waals surface area contributed by atoms with Crippen molar-refractivity contribution in [3.05, 3.63) is 54.1 Å². The van der Waals surface area contributed by atoms with E-state index in [1.54, 1.807) is 19.2 Å². The molecule has 0 saturated heterocycles. The van der Waals surface area contributed by atoms with Crippen LogP contribution in [-0.4, -0.2) is 13.1 Å². The first-order valence-corrected chi connectivity index (χ1v) is 5.16. The molecule has 0 heterocycles. The SMILES string of the molecule is COc1ccc(-c2ccc(C(=O)[O-])cc2)cc1. The second-order valence-electron chi connectivity index (χ2n) is 3.59. The zero-order valence-corrected chi connectivity index (χ0v) is 9.34. The Morgan fingerprint density at radius 3 is 1.82 bits per heavy atom. The third kappa shape index (κ3) is 2.45. The fourth-order valence-corrected chi connectivity index (χ4v) is 1.58. The molecular weight excluding hydrogens is 216 g/mol. The predicted octanol–water partition coefficient (Wildman–Crippen LogP) is 1.73. The largest absolute Gasteiger partial charge is 0.545 e. The third-order valence-electron chi connectivity index (χ3n) is 2.54. The van der Waals surface area contributed by atoms with E-state index >= 15 is 0 Å². The summed E-state index contributed by atoms with van der Waals surface area (Å²) in [6.45, 7) is 0. The third-order valence-corrected chi connectivity index (χ3v) is 2.54. The molecule has 0 amide bonds. The summed E-state index contributed by atoms with van der Waals surface area (Å²) in [7, 11) is 1.61. The van der Waals surface area contributed by atoms with Crippen molar-refractivity contribution >= 4 is 5.97 Å². The van der Waals surface area contributed by atoms with Gasteiger partial charge in [-0.3, -0.25) is 0 Å². The molecule has 0 unspecified atom stereocenters. The summed E-state index contributed by atoms with van der Waals surface area (Å²) in [5.41, 5.74) is 2.15. The number of carboxylic acid groups (broad SMARTS) is 1. The second-order valence-corrected chi connectivity index (χ2v) is 3.59. The zero-order chi connectivity index (χ0) is 12.3. The van der Waals surface area contributed by atoms with Crippen LogP contribution in [0, 0.1) is 0 Å². The highest BCUT2D eigenvalue weighted by atomic mass is 16.5. The standard InChI is InChI=1S/C14H12O3/c1-17-13-8-6-11(7-9-13)10-2-4-12(5-3-10)14(15)16/h2-9H,1H3,(H,15,16)/p-1. The summed E-state index contributed by atoms with van der Waals surface area (Å²) < 4.78 is 5.07. The van der Waals surface area contributed by atoms with Crippen LogP contribution in [-0.2, 0) is 0 Å². The van der Waals surface area contributed by atoms with Gasteiger partial charge in [0.1, 0.15) is 5.75 Å². The number of carboxylic acids is 1. The Balaban J connectivity index is 2.29. The summed E-state index contributed by atoms with van der Waals surface area (Å²) in [5.74, 6) is -0.369. The van der Waals surface area contributed by atoms with Crippen molar-refractivity contribution < 1.29 is 14.6 Å². The Hall–Kier alpha value is -2.29. The van der Waals surface area contributed by atoms with Gasteiger partial charge in [0.05, 0.1) is 13.1 Å². The van der Waals surface area contributed by atoms with Crippen LogP contribution in [0.2, 0.25) is 0 Å². The van der Waals surface area contributed by atoms with Crippen LogP contribution in [0.15, 0.2) is 48.5 Å². The van der Waals surface area contributed by atoms with E-state index in [0.29, 0.717) is 0 Å². The van der Waals surface area contributed by atoms with Gasteiger partial charge in [0.25, 0.3) is 0 Å². The summed E-state index contributed by atoms with van der Waals surface area (Å²) in [6, 6.07) is 14.2. The van der Waals surface area contributed by atoms with Crippen molar-refractivity contribution in [3.63, 3.8) is 0 Å². The molecule has 0 bridgehead atoms. The number of carbonyl (C=O) groups is 1. The van der Waals surface area contributed by atoms with Gasteiger partial charge in [-0.25, -0.2) is 0 Å². The molecule has 0 aliphatic carbocycles. The Bertz CT molecular complexity index is 512. The number of hydrogen-bond acceptors (Lipinski definition) is 3. The predicted molar refractivity (Wildman–Crippen MR) is 62.8 cm³/mol. The fraction of sp³-hybridized carbons (Fsp3) is 0.0714. The van der Waals surface area contributed by atoms with Crippen LogP contribution in [0.25, 0.3) is 11.1 Å². The van der Waals surface area contributed by atoms with E-state index in [4.69, 9.17) is 4.74 Å². The topological polar surface area (TPSA) is 49.4 Å². The summed E-state index contributed by atoms with van der Waals surface area (Å²) in [4.78, 5) is 10.6. The minimum Gasteiger partial charge on any atom is -0.545 e. The molecule has 2 rings (SSSR count). The smallest absolute Gasteiger partial charge is 0.118 e. The van der Waals surface area contributed by atoms with Gasteiger partial charge in [0.2, 0.25) is 0 Å². The molecule has 0 saturated carbocycles. The van der Waals surface area contributed by atoms with E-state index in [-0.39, 0.29) is 5.56 Å². The molecule has 3 nitrogen and oxygen atoms in total. The van der Waals surface area contributed by atoms with Crippen molar-refractivity contribution in [2.75, 3.05) is 7.11 Å². The molecule has 0 aliphatic heterocycles. The first kappa shape index (κ1) is 11.2. The maximum Gasteiger partial charge on any atom is 0.118 e. The zero-order valence-electron chi connectivity index (χ0n) is 9.34. The Kier molecular flexibility index (Phi) is 3.10. The van der Waals surface area contributed by atoms with Crippen LogP contribution in [0.1, 0.15) is 10.4 Å². The lowest BCUT2D eigenvalue weighted by atomic mass is 10.0. The average Bonchev–Trinajstić information content (AvgIpc) is 2.39. The van der Waals surface area contributed by atoms with E-state index in [9.17, 15) is 9.90 Å². The van der Waals surface area contributed by atoms with Gasteiger partial charge in [-0.1, -0.05) is 36.4 Å². The van der Waals surface area contributed by atoms with E-state index in [1.807, 2.05) is 24.3 Å². The summed E-state index contributed by atoms with van der Waals surface area (Å²) in [6.07, 6.45) is 0. The first-order valence-electron chi connectivity index (χ1n) is 5.16. The van der Waals surface area contributed by atoms with Crippen molar-refractivity contribution in [2.24, 2.45) is 0 Å².